The number of esters is 3. The van der Waals surface area contributed by atoms with Gasteiger partial charge in [-0.2, -0.15) is 0 Å². The fourth-order valence-corrected chi connectivity index (χ4v) is 20.9. The third-order valence-corrected chi connectivity index (χ3v) is 30.5. The van der Waals surface area contributed by atoms with Crippen LogP contribution in [0.15, 0.2) is 0 Å². The molecule has 0 aliphatic carbocycles. The summed E-state index contributed by atoms with van der Waals surface area (Å²) in [5.41, 5.74) is 0. The summed E-state index contributed by atoms with van der Waals surface area (Å²) in [4.78, 5) is 42.0. The standard InChI is InChI=1S/C108H198O42/c1-67(112)46-34-31-43-52-70(139-103-97(130)91(124)85(118)76(61-109)145-103)49-37-25-19-13-7-4-10-16-23-29-41-56-74(143-107-99(132)93(126)87(120)78(63-111)147-107)59-83(116)138-66-81-90(123)96(129)102(135)108(150-81)144-75-57-42-30-24-18-12-6-9-15-21-27-38-50-71(53-44-32-35-47-68(2)113)140-104-100(133)94(127)88(121)79(148-104)64-136-82(115)58-73(142-106-98(131)92(125)86(119)77(62-110)146-106)55-40-28-22-17-11-5-8-14-20-26-39-51-72(54-45-33-36-48-69(3)114)141-105-101(134)95(128)89(122)80(149-105)65-137-84(117)60-75/h67-81,85-114,118-135H,4-66H2,1-3H3/t67-,68-,69-,70-,71-,72-,73+,74-,75-,76-,77-,78-,79-,80-,81-,85-,86-,87-,88-,89-,90-,91+,92+,93+,94+,95+,96+,97-,98-,99-,100-,101-,102-,103-,104-,105-,106-,107-,108-/m1/s1. The van der Waals surface area contributed by atoms with Crippen molar-refractivity contribution in [2.24, 2.45) is 0 Å². The van der Waals surface area contributed by atoms with Gasteiger partial charge in [-0.1, -0.05) is 270 Å². The summed E-state index contributed by atoms with van der Waals surface area (Å²) in [6.45, 7) is 1.33. The minimum absolute atomic E-state index is 0.171. The van der Waals surface area contributed by atoms with Gasteiger partial charge in [-0.15, -0.1) is 0 Å². The van der Waals surface area contributed by atoms with Crippen LogP contribution in [0.25, 0.3) is 0 Å². The van der Waals surface area contributed by atoms with Gasteiger partial charge in [0, 0.05) is 0 Å². The Morgan fingerprint density at radius 1 is 0.287 bits per heavy atom. The second kappa shape index (κ2) is 76.0. The molecule has 7 aliphatic rings. The van der Waals surface area contributed by atoms with Crippen LogP contribution in [-0.2, 0) is 85.4 Å². The monoisotopic (exact) mass is 2170 g/mol. The first-order valence-corrected chi connectivity index (χ1v) is 57.5. The number of fused-ring (bicyclic) bond motifs is 4. The van der Waals surface area contributed by atoms with Crippen molar-refractivity contribution in [2.75, 3.05) is 39.6 Å². The lowest BCUT2D eigenvalue weighted by molar-refractivity contribution is -0.315. The van der Waals surface area contributed by atoms with Crippen LogP contribution in [0.5, 0.6) is 0 Å². The molecule has 0 amide bonds. The van der Waals surface area contributed by atoms with Crippen LogP contribution in [0.3, 0.4) is 0 Å². The average Bonchev–Trinajstić information content (AvgIpc) is 0.815. The second-order valence-corrected chi connectivity index (χ2v) is 43.7. The first-order valence-electron chi connectivity index (χ1n) is 57.5. The third kappa shape index (κ3) is 49.7. The van der Waals surface area contributed by atoms with Gasteiger partial charge in [0.05, 0.1) is 94.0 Å². The molecular formula is C108H198O42. The van der Waals surface area contributed by atoms with E-state index in [1.165, 1.54) is 0 Å². The molecule has 39 atom stereocenters. The van der Waals surface area contributed by atoms with Crippen molar-refractivity contribution >= 4 is 17.9 Å². The summed E-state index contributed by atoms with van der Waals surface area (Å²) in [6.07, 6.45) is -13.5. The van der Waals surface area contributed by atoms with Crippen molar-refractivity contribution in [2.45, 2.75) is 626 Å². The highest BCUT2D eigenvalue weighted by molar-refractivity contribution is 5.71. The van der Waals surface area contributed by atoms with Gasteiger partial charge in [-0.25, -0.2) is 0 Å². The molecule has 882 valence electrons. The average molecular weight is 2170 g/mol. The number of carbonyl (C=O) groups is 3. The summed E-state index contributed by atoms with van der Waals surface area (Å²) < 4.78 is 90.3. The Labute approximate surface area is 887 Å². The molecular weight excluding hydrogens is 1970 g/mol. The Kier molecular flexibility index (Phi) is 67.8. The molecule has 4 bridgehead atoms. The number of hydrogen-bond donors (Lipinski definition) is 24. The maximum atomic E-state index is 14.2. The van der Waals surface area contributed by atoms with E-state index in [-0.39, 0.29) is 31.8 Å². The molecule has 7 saturated heterocycles. The van der Waals surface area contributed by atoms with Crippen LogP contribution >= 0.6 is 0 Å². The quantitative estimate of drug-likeness (QED) is 0.0213. The Morgan fingerprint density at radius 3 is 0.893 bits per heavy atom. The number of cyclic esters (lactones) is 2. The molecule has 7 heterocycles. The molecule has 7 fully saturated rings. The largest absolute Gasteiger partial charge is 0.463 e. The molecule has 0 spiro atoms. The number of rotatable bonds is 47. The summed E-state index contributed by atoms with van der Waals surface area (Å²) in [5.74, 6) is -2.56. The van der Waals surface area contributed by atoms with Crippen LogP contribution in [-0.4, -0.2) is 419 Å². The van der Waals surface area contributed by atoms with Gasteiger partial charge >= 0.3 is 17.9 Å². The summed E-state index contributed by atoms with van der Waals surface area (Å²) in [5, 5.41) is 257. The van der Waals surface area contributed by atoms with Gasteiger partial charge in [0.25, 0.3) is 0 Å². The Bertz CT molecular complexity index is 3400. The predicted octanol–water partition coefficient (Wildman–Crippen LogP) is 5.14. The lowest BCUT2D eigenvalue weighted by Crippen LogP contribution is -2.60. The van der Waals surface area contributed by atoms with E-state index in [0.29, 0.717) is 96.3 Å². The highest BCUT2D eigenvalue weighted by atomic mass is 16.8. The lowest BCUT2D eigenvalue weighted by Gasteiger charge is -2.41. The van der Waals surface area contributed by atoms with Gasteiger partial charge in [0.15, 0.2) is 37.7 Å². The van der Waals surface area contributed by atoms with Gasteiger partial charge < -0.3 is 194 Å². The summed E-state index contributed by atoms with van der Waals surface area (Å²) in [7, 11) is 0. The molecule has 42 heteroatoms. The fourth-order valence-electron chi connectivity index (χ4n) is 20.9. The number of unbranched alkanes of at least 4 members (excludes halogenated alkanes) is 16. The molecule has 0 aromatic heterocycles. The van der Waals surface area contributed by atoms with Crippen molar-refractivity contribution < 1.29 is 208 Å². The minimum Gasteiger partial charge on any atom is -0.463 e. The van der Waals surface area contributed by atoms with Crippen LogP contribution < -0.4 is 0 Å². The molecule has 42 nitrogen and oxygen atoms in total. The van der Waals surface area contributed by atoms with Crippen LogP contribution in [0.1, 0.15) is 387 Å². The van der Waals surface area contributed by atoms with E-state index in [4.69, 9.17) is 71.1 Å². The third-order valence-electron chi connectivity index (χ3n) is 30.5. The van der Waals surface area contributed by atoms with Crippen LogP contribution in [0.4, 0.5) is 0 Å². The first-order chi connectivity index (χ1) is 72.0. The minimum atomic E-state index is -1.94. The first kappa shape index (κ1) is 134. The molecule has 0 saturated carbocycles. The van der Waals surface area contributed by atoms with Crippen LogP contribution in [0, 0.1) is 0 Å². The fraction of sp³-hybridized carbons (Fsp3) is 0.972. The molecule has 7 aliphatic heterocycles. The SMILES string of the molecule is C[C@@H](O)CCCCC[C@@H](CCCCCCCCCCCCC[C@H](CC(=O)OC[C@H]1O[C@@H](O[C@@H]2CCCCCCCCCCCCC[C@H](CCCCC[C@@H](C)O)O[C@@H]3O[C@H](COC(=O)C[C@@H](O[C@@H]4O[C@H](CO)[C@@H](O)[C@H](O)[C@H]4O)CCCCCCCCCCCCC[C@H](CCCCC[C@@H](C)O)O[C@@H]4O[C@H](COC(=O)C2)[C@@H](O)[C@H](O)[C@H]4O)[C@@H](O)[C@H](O)[C@H]3O)[C@H](O)[C@@H](O)[C@@H]1O)O[C@@H]1O[C@H](CO)[C@@H](O)[C@H](O)[C@H]1O)O[C@@H]1O[C@H](CO)[C@@H](O)[C@H](O)[C@H]1O. The Morgan fingerprint density at radius 2 is 0.553 bits per heavy atom. The maximum Gasteiger partial charge on any atom is 0.308 e. The van der Waals surface area contributed by atoms with Gasteiger partial charge in [-0.3, -0.25) is 14.4 Å². The lowest BCUT2D eigenvalue weighted by atomic mass is 9.98. The van der Waals surface area contributed by atoms with E-state index in [1.54, 1.807) is 20.8 Å². The van der Waals surface area contributed by atoms with E-state index in [1.807, 2.05) is 0 Å². The molecule has 0 aromatic carbocycles. The Balaban J connectivity index is 0.967. The van der Waals surface area contributed by atoms with Crippen molar-refractivity contribution in [1.82, 2.24) is 0 Å². The zero-order valence-corrected chi connectivity index (χ0v) is 89.6. The Hall–Kier alpha value is -3.03. The number of ether oxygens (including phenoxy) is 15. The van der Waals surface area contributed by atoms with E-state index in [9.17, 15) is 137 Å². The smallest absolute Gasteiger partial charge is 0.308 e. The molecule has 24 N–H and O–H groups in total. The molecule has 150 heavy (non-hydrogen) atoms. The van der Waals surface area contributed by atoms with E-state index in [0.717, 1.165) is 231 Å². The second-order valence-electron chi connectivity index (χ2n) is 43.7. The zero-order valence-electron chi connectivity index (χ0n) is 89.6. The molecule has 0 unspecified atom stereocenters. The molecule has 0 radical (unpaired) electrons. The maximum absolute atomic E-state index is 14.2. The normalized spacial score (nSPS) is 36.8. The topological polar surface area (TPSA) is 675 Å². The predicted molar refractivity (Wildman–Crippen MR) is 542 cm³/mol. The highest BCUT2D eigenvalue weighted by Crippen LogP contribution is 2.37. The van der Waals surface area contributed by atoms with Gasteiger partial charge in [0.1, 0.15) is 166 Å². The van der Waals surface area contributed by atoms with Gasteiger partial charge in [0.2, 0.25) is 0 Å². The molecule has 7 rings (SSSR count). The number of hydrogen-bond acceptors (Lipinski definition) is 42. The van der Waals surface area contributed by atoms with Crippen molar-refractivity contribution in [1.29, 1.82) is 0 Å². The van der Waals surface area contributed by atoms with Gasteiger partial charge in [-0.05, 0) is 97.8 Å². The van der Waals surface area contributed by atoms with Crippen molar-refractivity contribution in [3.63, 3.8) is 0 Å². The van der Waals surface area contributed by atoms with Crippen molar-refractivity contribution in [3.8, 4) is 0 Å². The van der Waals surface area contributed by atoms with Crippen LogP contribution in [0.2, 0.25) is 0 Å². The number of aliphatic hydroxyl groups excluding tert-OH is 24. The summed E-state index contributed by atoms with van der Waals surface area (Å²) >= 11 is 0. The van der Waals surface area contributed by atoms with Crippen molar-refractivity contribution in [3.05, 3.63) is 0 Å². The van der Waals surface area contributed by atoms with E-state index >= 15 is 0 Å². The van der Waals surface area contributed by atoms with E-state index < -0.39 is 303 Å². The summed E-state index contributed by atoms with van der Waals surface area (Å²) in [6, 6.07) is 0. The zero-order chi connectivity index (χ0) is 109. The highest BCUT2D eigenvalue weighted by Gasteiger charge is 2.53. The number of carbonyl (C=O) groups excluding carboxylic acids is 3. The molecule has 0 aromatic rings. The number of aliphatic hydroxyl groups is 24. The van der Waals surface area contributed by atoms with E-state index in [2.05, 4.69) is 0 Å².